The maximum atomic E-state index is 11.5. The fourth-order valence-electron chi connectivity index (χ4n) is 1.68. The van der Waals surface area contributed by atoms with Crippen LogP contribution in [0.1, 0.15) is 20.8 Å². The molecule has 11 nitrogen and oxygen atoms in total. The number of carbonyl (C=O) groups excluding carboxylic acids is 1. The van der Waals surface area contributed by atoms with Crippen LogP contribution in [-0.4, -0.2) is 48.7 Å². The molecule has 0 saturated carbocycles. The van der Waals surface area contributed by atoms with Crippen LogP contribution >= 0.6 is 0 Å². The summed E-state index contributed by atoms with van der Waals surface area (Å²) in [6, 6.07) is 6.81. The Labute approximate surface area is 172 Å². The van der Waals surface area contributed by atoms with Gasteiger partial charge in [-0.15, -0.1) is 0 Å². The monoisotopic (exact) mass is 446 g/mol. The van der Waals surface area contributed by atoms with Crippen molar-refractivity contribution in [3.8, 4) is 11.8 Å². The highest BCUT2D eigenvalue weighted by atomic mass is 32.2. The van der Waals surface area contributed by atoms with E-state index in [1.54, 1.807) is 18.2 Å². The van der Waals surface area contributed by atoms with E-state index in [1.807, 2.05) is 20.8 Å². The lowest BCUT2D eigenvalue weighted by atomic mass is 10.1. The van der Waals surface area contributed by atoms with E-state index in [0.29, 0.717) is 0 Å². The highest BCUT2D eigenvalue weighted by Crippen LogP contribution is 2.15. The van der Waals surface area contributed by atoms with Crippen LogP contribution in [0.3, 0.4) is 0 Å². The van der Waals surface area contributed by atoms with E-state index in [1.165, 1.54) is 19.2 Å². The minimum absolute atomic E-state index is 0.0368. The smallest absolute Gasteiger partial charge is 0.387 e. The Morgan fingerprint density at radius 1 is 1.10 bits per heavy atom. The van der Waals surface area contributed by atoms with Crippen LogP contribution in [0.5, 0.6) is 11.8 Å². The summed E-state index contributed by atoms with van der Waals surface area (Å²) in [6.07, 6.45) is 0. The molecule has 0 atom stereocenters. The third-order valence-corrected chi connectivity index (χ3v) is 2.94. The summed E-state index contributed by atoms with van der Waals surface area (Å²) in [5.41, 5.74) is -0.325. The minimum Gasteiger partial charge on any atom is -0.467 e. The summed E-state index contributed by atoms with van der Waals surface area (Å²) in [5, 5.41) is 5.06. The Kier molecular flexibility index (Phi) is 9.48. The second-order valence-electron chi connectivity index (χ2n) is 6.27. The third-order valence-electron chi connectivity index (χ3n) is 2.63. The highest BCUT2D eigenvalue weighted by Gasteiger charge is 2.15. The molecule has 0 aliphatic carbocycles. The van der Waals surface area contributed by atoms with E-state index in [9.17, 15) is 22.0 Å². The van der Waals surface area contributed by atoms with Gasteiger partial charge in [0.2, 0.25) is 11.9 Å². The number of anilines is 2. The number of methoxy groups -OCH3 is 1. The maximum absolute atomic E-state index is 11.5. The summed E-state index contributed by atoms with van der Waals surface area (Å²) in [5.74, 6) is 0.184. The van der Waals surface area contributed by atoms with Crippen LogP contribution in [0.4, 0.5) is 25.5 Å². The first-order valence-corrected chi connectivity index (χ1v) is 9.22. The van der Waals surface area contributed by atoms with Crippen molar-refractivity contribution in [1.29, 1.82) is 0 Å². The second-order valence-corrected chi connectivity index (χ2v) is 6.89. The minimum atomic E-state index is -2.85. The predicted octanol–water partition coefficient (Wildman–Crippen LogP) is 2.97. The first-order valence-electron chi connectivity index (χ1n) is 8.18. The van der Waals surface area contributed by atoms with Crippen LogP contribution < -0.4 is 20.1 Å². The average Bonchev–Trinajstić information content (AvgIpc) is 2.60. The van der Waals surface area contributed by atoms with Gasteiger partial charge in [-0.2, -0.15) is 32.2 Å². The number of carbonyl (C=O) groups is 1. The van der Waals surface area contributed by atoms with E-state index in [0.717, 1.165) is 0 Å². The first kappa shape index (κ1) is 24.6. The van der Waals surface area contributed by atoms with Gasteiger partial charge in [-0.25, -0.2) is 4.79 Å². The van der Waals surface area contributed by atoms with Gasteiger partial charge in [0.15, 0.2) is 0 Å². The topological polar surface area (TPSA) is 145 Å². The number of alkyl halides is 2. The maximum Gasteiger partial charge on any atom is 0.387 e. The quantitative estimate of drug-likeness (QED) is 0.708. The normalized spacial score (nSPS) is 10.4. The fraction of sp³-hybridized carbons (Fsp3) is 0.375. The lowest BCUT2D eigenvalue weighted by Crippen LogP contribution is -2.28. The molecule has 0 aliphatic rings. The number of rotatable bonds is 5. The predicted molar refractivity (Wildman–Crippen MR) is 103 cm³/mol. The van der Waals surface area contributed by atoms with Crippen LogP contribution in [0.25, 0.3) is 0 Å². The molecule has 0 radical (unpaired) electrons. The SMILES string of the molecule is COc1nc(NC(=O)N=S(=O)=O)nc(NC(C)(C)C)n1.FC(F)Oc1ccccc1. The van der Waals surface area contributed by atoms with Gasteiger partial charge in [0.05, 0.1) is 7.11 Å². The van der Waals surface area contributed by atoms with Gasteiger partial charge in [0, 0.05) is 5.54 Å². The third kappa shape index (κ3) is 10.8. The molecule has 2 rings (SSSR count). The number of hydrogen-bond acceptors (Lipinski definition) is 9. The van der Waals surface area contributed by atoms with E-state index < -0.39 is 23.1 Å². The molecule has 0 aliphatic heterocycles. The van der Waals surface area contributed by atoms with E-state index in [4.69, 9.17) is 4.74 Å². The van der Waals surface area contributed by atoms with Crippen molar-refractivity contribution in [1.82, 2.24) is 15.0 Å². The van der Waals surface area contributed by atoms with Gasteiger partial charge in [-0.3, -0.25) is 5.32 Å². The zero-order chi connectivity index (χ0) is 22.7. The number of aromatic nitrogens is 3. The average molecular weight is 446 g/mol. The van der Waals surface area contributed by atoms with E-state index in [2.05, 4.69) is 34.7 Å². The Balaban J connectivity index is 0.000000375. The van der Waals surface area contributed by atoms with E-state index in [-0.39, 0.29) is 29.2 Å². The molecular formula is C16H20F2N6O5S. The highest BCUT2D eigenvalue weighted by molar-refractivity contribution is 7.62. The number of nitrogens with zero attached hydrogens (tertiary/aromatic N) is 4. The Morgan fingerprint density at radius 2 is 1.70 bits per heavy atom. The molecule has 1 heterocycles. The van der Waals surface area contributed by atoms with Gasteiger partial charge in [0.1, 0.15) is 5.75 Å². The molecule has 0 bridgehead atoms. The molecule has 2 N–H and O–H groups in total. The molecule has 0 saturated heterocycles. The standard InChI is InChI=1S/C9H14N6O4S.C7H6F2O/c1-9(2,3)14-6-10-5(12-8(13-6)19-4)11-7(16)15-20(17)18;8-7(9)10-6-4-2-1-3-5-6/h1-4H3,(H2,10,11,12,13,14,16);1-5,7H. The number of hydrogen-bond donors (Lipinski definition) is 2. The lowest BCUT2D eigenvalue weighted by molar-refractivity contribution is -0.0498. The summed E-state index contributed by atoms with van der Waals surface area (Å²) in [7, 11) is -1.51. The second kappa shape index (κ2) is 11.5. The number of benzene rings is 1. The number of urea groups is 1. The molecule has 1 aromatic carbocycles. The van der Waals surface area contributed by atoms with Gasteiger partial charge in [-0.05, 0) is 32.9 Å². The largest absolute Gasteiger partial charge is 0.467 e. The summed E-state index contributed by atoms with van der Waals surface area (Å²) in [4.78, 5) is 22.8. The summed E-state index contributed by atoms with van der Waals surface area (Å²) >= 11 is 0. The number of nitrogens with one attached hydrogen (secondary N) is 2. The van der Waals surface area contributed by atoms with Crippen molar-refractivity contribution in [2.24, 2.45) is 4.36 Å². The van der Waals surface area contributed by atoms with Crippen LogP contribution in [-0.2, 0) is 10.5 Å². The zero-order valence-electron chi connectivity index (χ0n) is 16.5. The van der Waals surface area contributed by atoms with Crippen molar-refractivity contribution in [2.45, 2.75) is 32.9 Å². The molecule has 0 spiro atoms. The summed E-state index contributed by atoms with van der Waals surface area (Å²) in [6.45, 7) is 2.93. The summed E-state index contributed by atoms with van der Waals surface area (Å²) < 4.78 is 55.2. The van der Waals surface area contributed by atoms with Crippen LogP contribution in [0, 0.1) is 0 Å². The lowest BCUT2D eigenvalue weighted by Gasteiger charge is -2.20. The zero-order valence-corrected chi connectivity index (χ0v) is 17.3. The molecule has 2 amide bonds. The number of ether oxygens (including phenoxy) is 2. The van der Waals surface area contributed by atoms with Crippen molar-refractivity contribution < 1.29 is 31.5 Å². The van der Waals surface area contributed by atoms with Gasteiger partial charge >= 0.3 is 29.2 Å². The molecule has 164 valence electrons. The van der Waals surface area contributed by atoms with Crippen molar-refractivity contribution in [3.63, 3.8) is 0 Å². The number of amides is 2. The van der Waals surface area contributed by atoms with Gasteiger partial charge < -0.3 is 14.8 Å². The van der Waals surface area contributed by atoms with Gasteiger partial charge in [0.25, 0.3) is 0 Å². The Bertz CT molecular complexity index is 960. The van der Waals surface area contributed by atoms with Gasteiger partial charge in [-0.1, -0.05) is 22.6 Å². The number of para-hydroxylation sites is 1. The molecule has 30 heavy (non-hydrogen) atoms. The van der Waals surface area contributed by atoms with Crippen molar-refractivity contribution >= 4 is 28.4 Å². The molecule has 1 aromatic heterocycles. The molecule has 14 heteroatoms. The first-order chi connectivity index (χ1) is 14.0. The Morgan fingerprint density at radius 3 is 2.20 bits per heavy atom. The molecule has 0 unspecified atom stereocenters. The Hall–Kier alpha value is -3.42. The van der Waals surface area contributed by atoms with E-state index >= 15 is 0 Å². The van der Waals surface area contributed by atoms with Crippen LogP contribution in [0.2, 0.25) is 0 Å². The fourth-order valence-corrected chi connectivity index (χ4v) is 1.86. The number of halogens is 2. The molecule has 2 aromatic rings. The molecule has 0 fully saturated rings. The van der Waals surface area contributed by atoms with Crippen molar-refractivity contribution in [3.05, 3.63) is 30.3 Å². The molecular weight excluding hydrogens is 426 g/mol. The van der Waals surface area contributed by atoms with Crippen LogP contribution in [0.15, 0.2) is 34.7 Å². The van der Waals surface area contributed by atoms with Crippen molar-refractivity contribution in [2.75, 3.05) is 17.7 Å².